The van der Waals surface area contributed by atoms with Crippen molar-refractivity contribution in [3.8, 4) is 0 Å². The molecule has 0 fully saturated rings. The molecule has 0 aliphatic carbocycles. The first-order chi connectivity index (χ1) is 7.54. The Bertz CT molecular complexity index is 454. The van der Waals surface area contributed by atoms with Crippen molar-refractivity contribution in [3.63, 3.8) is 0 Å². The molecule has 0 aliphatic heterocycles. The smallest absolute Gasteiger partial charge is 0.314 e. The fraction of sp³-hybridized carbons (Fsp3) is 0.667. The average Bonchev–Trinajstić information content (AvgIpc) is 2.22. The molecule has 0 aliphatic rings. The second-order valence-electron chi connectivity index (χ2n) is 3.47. The second kappa shape index (κ2) is 5.86. The number of H-pyrrole nitrogens is 1. The monoisotopic (exact) mass is 244 g/mol. The highest BCUT2D eigenvalue weighted by Crippen LogP contribution is 2.12. The quantitative estimate of drug-likeness (QED) is 0.542. The summed E-state index contributed by atoms with van der Waals surface area (Å²) in [6.07, 6.45) is 0. The minimum absolute atomic E-state index is 0.332. The maximum absolute atomic E-state index is 11.1. The standard InChI is InChI=1S/C9H16N4O2S/c1-4-10-6(2)5-16-9-11-7(14)8(15)12-13(9)3/h6,10H,4-5H2,1-3H3,(H,12,15). The molecule has 1 atom stereocenters. The van der Waals surface area contributed by atoms with Crippen LogP contribution in [0, 0.1) is 0 Å². The zero-order valence-corrected chi connectivity index (χ0v) is 10.4. The molecular formula is C9H16N4O2S. The van der Waals surface area contributed by atoms with Crippen LogP contribution in [0.4, 0.5) is 0 Å². The summed E-state index contributed by atoms with van der Waals surface area (Å²) in [6, 6.07) is 0.332. The van der Waals surface area contributed by atoms with Gasteiger partial charge < -0.3 is 5.32 Å². The molecular weight excluding hydrogens is 228 g/mol. The van der Waals surface area contributed by atoms with Crippen molar-refractivity contribution in [3.05, 3.63) is 20.7 Å². The Kier molecular flexibility index (Phi) is 4.75. The second-order valence-corrected chi connectivity index (χ2v) is 4.46. The van der Waals surface area contributed by atoms with E-state index in [9.17, 15) is 9.59 Å². The number of aromatic nitrogens is 3. The summed E-state index contributed by atoms with van der Waals surface area (Å²) in [5.74, 6) is 0.792. The van der Waals surface area contributed by atoms with Gasteiger partial charge in [0.15, 0.2) is 5.16 Å². The molecule has 0 aromatic carbocycles. The Balaban J connectivity index is 2.71. The lowest BCUT2D eigenvalue weighted by Gasteiger charge is -2.12. The van der Waals surface area contributed by atoms with Crippen LogP contribution >= 0.6 is 11.8 Å². The van der Waals surface area contributed by atoms with E-state index in [4.69, 9.17) is 0 Å². The number of nitrogens with one attached hydrogen (secondary N) is 2. The fourth-order valence-corrected chi connectivity index (χ4v) is 2.10. The van der Waals surface area contributed by atoms with Gasteiger partial charge in [0.25, 0.3) is 0 Å². The number of thioether (sulfide) groups is 1. The third-order valence-corrected chi connectivity index (χ3v) is 3.25. The van der Waals surface area contributed by atoms with E-state index in [2.05, 4.69) is 22.3 Å². The Morgan fingerprint density at radius 1 is 1.56 bits per heavy atom. The molecule has 1 aromatic heterocycles. The maximum atomic E-state index is 11.1. The topological polar surface area (TPSA) is 79.8 Å². The Morgan fingerprint density at radius 2 is 2.25 bits per heavy atom. The van der Waals surface area contributed by atoms with Crippen LogP contribution in [0.3, 0.4) is 0 Å². The third kappa shape index (κ3) is 3.49. The van der Waals surface area contributed by atoms with Gasteiger partial charge in [-0.05, 0) is 13.5 Å². The number of aryl methyl sites for hydroxylation is 1. The number of hydrogen-bond acceptors (Lipinski definition) is 5. The summed E-state index contributed by atoms with van der Waals surface area (Å²) < 4.78 is 1.47. The molecule has 7 heteroatoms. The van der Waals surface area contributed by atoms with Crippen molar-refractivity contribution in [2.45, 2.75) is 25.0 Å². The largest absolute Gasteiger partial charge is 0.339 e. The predicted molar refractivity (Wildman–Crippen MR) is 64.0 cm³/mol. The molecule has 16 heavy (non-hydrogen) atoms. The highest BCUT2D eigenvalue weighted by molar-refractivity contribution is 7.99. The zero-order valence-electron chi connectivity index (χ0n) is 9.61. The van der Waals surface area contributed by atoms with Gasteiger partial charge in [-0.3, -0.25) is 19.4 Å². The summed E-state index contributed by atoms with van der Waals surface area (Å²) in [5, 5.41) is 6.18. The number of rotatable bonds is 5. The third-order valence-electron chi connectivity index (χ3n) is 1.96. The zero-order chi connectivity index (χ0) is 12.1. The van der Waals surface area contributed by atoms with Crippen molar-refractivity contribution in [1.29, 1.82) is 0 Å². The first-order valence-corrected chi connectivity index (χ1v) is 6.06. The van der Waals surface area contributed by atoms with Gasteiger partial charge in [0, 0.05) is 18.8 Å². The van der Waals surface area contributed by atoms with Crippen molar-refractivity contribution in [1.82, 2.24) is 20.1 Å². The SMILES string of the molecule is CCNC(C)CSc1nc(=O)c(=O)[nH]n1C. The van der Waals surface area contributed by atoms with E-state index in [-0.39, 0.29) is 0 Å². The highest BCUT2D eigenvalue weighted by Gasteiger charge is 2.06. The minimum Gasteiger partial charge on any atom is -0.314 e. The predicted octanol–water partition coefficient (Wildman–Crippen LogP) is -0.441. The molecule has 0 radical (unpaired) electrons. The van der Waals surface area contributed by atoms with Gasteiger partial charge in [0.2, 0.25) is 0 Å². The van der Waals surface area contributed by atoms with Crippen LogP contribution in [0.2, 0.25) is 0 Å². The average molecular weight is 244 g/mol. The van der Waals surface area contributed by atoms with Gasteiger partial charge >= 0.3 is 11.1 Å². The van der Waals surface area contributed by atoms with Crippen LogP contribution in [0.25, 0.3) is 0 Å². The highest BCUT2D eigenvalue weighted by atomic mass is 32.2. The molecule has 6 nitrogen and oxygen atoms in total. The summed E-state index contributed by atoms with van der Waals surface area (Å²) in [6.45, 7) is 5.00. The fourth-order valence-electron chi connectivity index (χ4n) is 1.20. The van der Waals surface area contributed by atoms with Gasteiger partial charge in [-0.15, -0.1) is 0 Å². The molecule has 0 amide bonds. The van der Waals surface area contributed by atoms with E-state index in [0.717, 1.165) is 12.3 Å². The lowest BCUT2D eigenvalue weighted by atomic mass is 10.4. The number of hydrogen-bond donors (Lipinski definition) is 2. The van der Waals surface area contributed by atoms with Gasteiger partial charge in [-0.1, -0.05) is 18.7 Å². The van der Waals surface area contributed by atoms with Gasteiger partial charge in [0.05, 0.1) is 0 Å². The molecule has 2 N–H and O–H groups in total. The van der Waals surface area contributed by atoms with Crippen LogP contribution < -0.4 is 16.4 Å². The van der Waals surface area contributed by atoms with Crippen LogP contribution in [0.1, 0.15) is 13.8 Å². The van der Waals surface area contributed by atoms with E-state index < -0.39 is 11.1 Å². The van der Waals surface area contributed by atoms with Gasteiger partial charge in [-0.2, -0.15) is 4.98 Å². The van der Waals surface area contributed by atoms with Gasteiger partial charge in [-0.25, -0.2) is 0 Å². The molecule has 0 saturated carbocycles. The van der Waals surface area contributed by atoms with E-state index in [1.54, 1.807) is 7.05 Å². The number of aromatic amines is 1. The molecule has 1 rings (SSSR count). The van der Waals surface area contributed by atoms with Crippen molar-refractivity contribution < 1.29 is 0 Å². The van der Waals surface area contributed by atoms with Crippen LogP contribution in [0.5, 0.6) is 0 Å². The first kappa shape index (κ1) is 13.0. The molecule has 1 unspecified atom stereocenters. The molecule has 0 bridgehead atoms. The summed E-state index contributed by atoms with van der Waals surface area (Å²) in [7, 11) is 1.66. The Morgan fingerprint density at radius 3 is 2.88 bits per heavy atom. The maximum Gasteiger partial charge on any atom is 0.339 e. The molecule has 1 heterocycles. The normalized spacial score (nSPS) is 12.7. The summed E-state index contributed by atoms with van der Waals surface area (Å²) in [4.78, 5) is 25.7. The van der Waals surface area contributed by atoms with Crippen molar-refractivity contribution in [2.24, 2.45) is 7.05 Å². The van der Waals surface area contributed by atoms with E-state index in [1.165, 1.54) is 16.4 Å². The van der Waals surface area contributed by atoms with E-state index in [0.29, 0.717) is 11.2 Å². The van der Waals surface area contributed by atoms with Crippen LogP contribution in [-0.2, 0) is 7.05 Å². The lowest BCUT2D eigenvalue weighted by molar-refractivity contribution is 0.590. The van der Waals surface area contributed by atoms with Crippen molar-refractivity contribution >= 4 is 11.8 Å². The molecule has 0 spiro atoms. The molecule has 0 saturated heterocycles. The summed E-state index contributed by atoms with van der Waals surface area (Å²) >= 11 is 1.44. The Labute approximate surface area is 97.5 Å². The molecule has 90 valence electrons. The molecule has 1 aromatic rings. The minimum atomic E-state index is -0.739. The van der Waals surface area contributed by atoms with Crippen LogP contribution in [-0.4, -0.2) is 33.1 Å². The van der Waals surface area contributed by atoms with E-state index in [1.807, 2.05) is 6.92 Å². The van der Waals surface area contributed by atoms with Crippen LogP contribution in [0.15, 0.2) is 14.7 Å². The number of nitrogens with zero attached hydrogens (tertiary/aromatic N) is 2. The summed E-state index contributed by atoms with van der Waals surface area (Å²) in [5.41, 5.74) is -1.43. The first-order valence-electron chi connectivity index (χ1n) is 5.08. The van der Waals surface area contributed by atoms with Crippen molar-refractivity contribution in [2.75, 3.05) is 12.3 Å². The Hall–Kier alpha value is -1.08. The van der Waals surface area contributed by atoms with E-state index >= 15 is 0 Å². The lowest BCUT2D eigenvalue weighted by Crippen LogP contribution is -2.34. The van der Waals surface area contributed by atoms with Gasteiger partial charge in [0.1, 0.15) is 0 Å².